The molecule has 1 N–H and O–H groups in total. The van der Waals surface area contributed by atoms with Gasteiger partial charge in [0.15, 0.2) is 5.16 Å². The van der Waals surface area contributed by atoms with Crippen LogP contribution in [0, 0.1) is 11.8 Å². The highest BCUT2D eigenvalue weighted by atomic mass is 32.2. The first-order chi connectivity index (χ1) is 12.1. The molecule has 6 nitrogen and oxygen atoms in total. The maximum absolute atomic E-state index is 12.4. The third-order valence-corrected chi connectivity index (χ3v) is 6.35. The normalized spacial score (nSPS) is 19.3. The minimum atomic E-state index is 0.0470. The maximum Gasteiger partial charge on any atom is 0.225 e. The van der Waals surface area contributed by atoms with Crippen molar-refractivity contribution < 1.29 is 9.59 Å². The van der Waals surface area contributed by atoms with Crippen LogP contribution in [0.1, 0.15) is 38.5 Å². The standard InChI is InChI=1S/C18H28N4O2S/c1-21-12-8-20-18(21)25-13-9-19-16(23)14-6-10-22(11-7-14)17(24)15-4-2-3-5-15/h8,12,14-15H,2-7,9-11,13H2,1H3,(H,19,23). The summed E-state index contributed by atoms with van der Waals surface area (Å²) in [6.45, 7) is 2.11. The zero-order valence-corrected chi connectivity index (χ0v) is 15.8. The van der Waals surface area contributed by atoms with E-state index in [4.69, 9.17) is 0 Å². The molecule has 3 rings (SSSR count). The lowest BCUT2D eigenvalue weighted by atomic mass is 9.94. The van der Waals surface area contributed by atoms with Gasteiger partial charge in [0, 0.05) is 56.7 Å². The molecule has 0 unspecified atom stereocenters. The third kappa shape index (κ3) is 4.77. The Labute approximate surface area is 153 Å². The van der Waals surface area contributed by atoms with Gasteiger partial charge in [0.05, 0.1) is 0 Å². The van der Waals surface area contributed by atoms with Crippen molar-refractivity contribution >= 4 is 23.6 Å². The number of hydrogen-bond donors (Lipinski definition) is 1. The Hall–Kier alpha value is -1.50. The Morgan fingerprint density at radius 1 is 1.20 bits per heavy atom. The highest BCUT2D eigenvalue weighted by Gasteiger charge is 2.31. The number of nitrogens with zero attached hydrogens (tertiary/aromatic N) is 3. The molecule has 0 bridgehead atoms. The number of carbonyl (C=O) groups excluding carboxylic acids is 2. The van der Waals surface area contributed by atoms with Crippen LogP contribution in [0.5, 0.6) is 0 Å². The average molecular weight is 365 g/mol. The lowest BCUT2D eigenvalue weighted by Crippen LogP contribution is -2.45. The number of piperidine rings is 1. The van der Waals surface area contributed by atoms with E-state index in [1.165, 1.54) is 12.8 Å². The van der Waals surface area contributed by atoms with Crippen LogP contribution < -0.4 is 5.32 Å². The minimum Gasteiger partial charge on any atom is -0.355 e. The molecule has 0 radical (unpaired) electrons. The monoisotopic (exact) mass is 364 g/mol. The molecule has 7 heteroatoms. The van der Waals surface area contributed by atoms with E-state index in [0.717, 1.165) is 49.7 Å². The van der Waals surface area contributed by atoms with Gasteiger partial charge in [0.2, 0.25) is 11.8 Å². The van der Waals surface area contributed by atoms with Gasteiger partial charge in [-0.2, -0.15) is 0 Å². The topological polar surface area (TPSA) is 67.2 Å². The second-order valence-electron chi connectivity index (χ2n) is 7.04. The van der Waals surface area contributed by atoms with E-state index < -0.39 is 0 Å². The predicted molar refractivity (Wildman–Crippen MR) is 98.2 cm³/mol. The molecule has 2 fully saturated rings. The number of likely N-dealkylation sites (tertiary alicyclic amines) is 1. The molecule has 1 aliphatic carbocycles. The van der Waals surface area contributed by atoms with Crippen molar-refractivity contribution in [1.82, 2.24) is 19.8 Å². The van der Waals surface area contributed by atoms with Crippen LogP contribution >= 0.6 is 11.8 Å². The molecule has 0 atom stereocenters. The number of hydrogen-bond acceptors (Lipinski definition) is 4. The second-order valence-corrected chi connectivity index (χ2v) is 8.10. The summed E-state index contributed by atoms with van der Waals surface area (Å²) in [7, 11) is 1.97. The summed E-state index contributed by atoms with van der Waals surface area (Å²) in [5.41, 5.74) is 0. The van der Waals surface area contributed by atoms with Gasteiger partial charge in [-0.15, -0.1) is 0 Å². The number of carbonyl (C=O) groups is 2. The van der Waals surface area contributed by atoms with Crippen LogP contribution in [-0.4, -0.2) is 51.7 Å². The number of nitrogens with one attached hydrogen (secondary N) is 1. The van der Waals surface area contributed by atoms with E-state index in [-0.39, 0.29) is 17.7 Å². The zero-order valence-electron chi connectivity index (χ0n) is 14.9. The number of rotatable bonds is 6. The molecular formula is C18H28N4O2S. The molecule has 2 aliphatic rings. The van der Waals surface area contributed by atoms with Crippen molar-refractivity contribution in [3.05, 3.63) is 12.4 Å². The van der Waals surface area contributed by atoms with E-state index in [2.05, 4.69) is 10.3 Å². The van der Waals surface area contributed by atoms with Crippen molar-refractivity contribution in [2.24, 2.45) is 18.9 Å². The van der Waals surface area contributed by atoms with Crippen molar-refractivity contribution in [2.75, 3.05) is 25.4 Å². The molecular weight excluding hydrogens is 336 g/mol. The summed E-state index contributed by atoms with van der Waals surface area (Å²) in [5.74, 6) is 1.56. The molecule has 2 amide bonds. The lowest BCUT2D eigenvalue weighted by Gasteiger charge is -2.33. The Bertz CT molecular complexity index is 590. The smallest absolute Gasteiger partial charge is 0.225 e. The largest absolute Gasteiger partial charge is 0.355 e. The van der Waals surface area contributed by atoms with Crippen LogP contribution in [0.2, 0.25) is 0 Å². The summed E-state index contributed by atoms with van der Waals surface area (Å²) in [6, 6.07) is 0. The Morgan fingerprint density at radius 3 is 2.56 bits per heavy atom. The van der Waals surface area contributed by atoms with Gasteiger partial charge in [-0.1, -0.05) is 24.6 Å². The number of aromatic nitrogens is 2. The summed E-state index contributed by atoms with van der Waals surface area (Å²) in [4.78, 5) is 31.0. The molecule has 1 saturated heterocycles. The zero-order chi connectivity index (χ0) is 17.6. The Balaban J connectivity index is 1.34. The molecule has 1 saturated carbocycles. The molecule has 25 heavy (non-hydrogen) atoms. The fraction of sp³-hybridized carbons (Fsp3) is 0.722. The molecule has 1 aromatic heterocycles. The van der Waals surface area contributed by atoms with Crippen molar-refractivity contribution in [3.8, 4) is 0 Å². The summed E-state index contributed by atoms with van der Waals surface area (Å²) >= 11 is 1.64. The predicted octanol–water partition coefficient (Wildman–Crippen LogP) is 2.06. The number of thioether (sulfide) groups is 1. The summed E-state index contributed by atoms with van der Waals surface area (Å²) in [6.07, 6.45) is 9.74. The number of aryl methyl sites for hydroxylation is 1. The van der Waals surface area contributed by atoms with Crippen molar-refractivity contribution in [1.29, 1.82) is 0 Å². The second kappa shape index (κ2) is 8.74. The van der Waals surface area contributed by atoms with Crippen molar-refractivity contribution in [3.63, 3.8) is 0 Å². The van der Waals surface area contributed by atoms with Gasteiger partial charge in [-0.05, 0) is 25.7 Å². The van der Waals surface area contributed by atoms with E-state index in [1.54, 1.807) is 18.0 Å². The van der Waals surface area contributed by atoms with Gasteiger partial charge in [0.1, 0.15) is 0 Å². The van der Waals surface area contributed by atoms with E-state index in [9.17, 15) is 9.59 Å². The highest BCUT2D eigenvalue weighted by Crippen LogP contribution is 2.28. The molecule has 138 valence electrons. The number of amides is 2. The third-order valence-electron chi connectivity index (χ3n) is 5.29. The minimum absolute atomic E-state index is 0.0470. The van der Waals surface area contributed by atoms with Gasteiger partial charge < -0.3 is 14.8 Å². The van der Waals surface area contributed by atoms with Gasteiger partial charge in [0.25, 0.3) is 0 Å². The molecule has 0 spiro atoms. The molecule has 0 aromatic carbocycles. The van der Waals surface area contributed by atoms with Crippen LogP contribution in [-0.2, 0) is 16.6 Å². The first kappa shape index (κ1) is 18.3. The SMILES string of the molecule is Cn1ccnc1SCCNC(=O)C1CCN(C(=O)C2CCCC2)CC1. The van der Waals surface area contributed by atoms with Crippen LogP contribution in [0.3, 0.4) is 0 Å². The quantitative estimate of drug-likeness (QED) is 0.620. The fourth-order valence-electron chi connectivity index (χ4n) is 3.74. The van der Waals surface area contributed by atoms with Crippen molar-refractivity contribution in [2.45, 2.75) is 43.7 Å². The van der Waals surface area contributed by atoms with Crippen LogP contribution in [0.25, 0.3) is 0 Å². The summed E-state index contributed by atoms with van der Waals surface area (Å²) in [5, 5.41) is 4.00. The van der Waals surface area contributed by atoms with E-state index in [0.29, 0.717) is 12.5 Å². The Morgan fingerprint density at radius 2 is 1.92 bits per heavy atom. The first-order valence-corrected chi connectivity index (χ1v) is 10.3. The first-order valence-electron chi connectivity index (χ1n) is 9.32. The Kier molecular flexibility index (Phi) is 6.39. The van der Waals surface area contributed by atoms with Crippen LogP contribution in [0.4, 0.5) is 0 Å². The van der Waals surface area contributed by atoms with Gasteiger partial charge >= 0.3 is 0 Å². The lowest BCUT2D eigenvalue weighted by molar-refractivity contribution is -0.138. The molecule has 2 heterocycles. The highest BCUT2D eigenvalue weighted by molar-refractivity contribution is 7.99. The average Bonchev–Trinajstić information content (AvgIpc) is 3.30. The number of imidazole rings is 1. The molecule has 1 aromatic rings. The van der Waals surface area contributed by atoms with Gasteiger partial charge in [-0.25, -0.2) is 4.98 Å². The van der Waals surface area contributed by atoms with E-state index in [1.807, 2.05) is 22.7 Å². The van der Waals surface area contributed by atoms with Crippen LogP contribution in [0.15, 0.2) is 17.6 Å². The maximum atomic E-state index is 12.4. The van der Waals surface area contributed by atoms with Gasteiger partial charge in [-0.3, -0.25) is 9.59 Å². The van der Waals surface area contributed by atoms with E-state index >= 15 is 0 Å². The summed E-state index contributed by atoms with van der Waals surface area (Å²) < 4.78 is 1.98. The molecule has 1 aliphatic heterocycles. The fourth-order valence-corrected chi connectivity index (χ4v) is 4.53.